The Hall–Kier alpha value is -0.160. The highest BCUT2D eigenvalue weighted by Gasteiger charge is 2.24. The fourth-order valence-electron chi connectivity index (χ4n) is 1.21. The highest BCUT2D eigenvalue weighted by atomic mass is 16.5. The molecule has 0 fully saturated rings. The van der Waals surface area contributed by atoms with Gasteiger partial charge in [-0.25, -0.2) is 0 Å². The van der Waals surface area contributed by atoms with Crippen molar-refractivity contribution in [3.05, 3.63) is 0 Å². The zero-order valence-electron chi connectivity index (χ0n) is 9.71. The minimum atomic E-state index is -0.551. The number of hydrogen-bond acceptors (Lipinski definition) is 4. The van der Waals surface area contributed by atoms with Crippen molar-refractivity contribution in [2.45, 2.75) is 45.6 Å². The van der Waals surface area contributed by atoms with Gasteiger partial charge in [0.05, 0.1) is 0 Å². The minimum Gasteiger partial charge on any atom is -0.379 e. The first kappa shape index (κ1) is 13.8. The van der Waals surface area contributed by atoms with E-state index in [1.54, 1.807) is 14.0 Å². The van der Waals surface area contributed by atoms with E-state index in [9.17, 15) is 0 Å². The molecule has 0 aliphatic rings. The van der Waals surface area contributed by atoms with Crippen molar-refractivity contribution in [2.24, 2.45) is 11.7 Å². The summed E-state index contributed by atoms with van der Waals surface area (Å²) >= 11 is 0. The lowest BCUT2D eigenvalue weighted by molar-refractivity contribution is -0.0357. The molecule has 0 bridgehead atoms. The Kier molecular flexibility index (Phi) is 6.27. The molecule has 0 aliphatic heterocycles. The lowest BCUT2D eigenvalue weighted by atomic mass is 9.95. The second-order valence-electron chi connectivity index (χ2n) is 4.06. The van der Waals surface area contributed by atoms with Crippen molar-refractivity contribution in [2.75, 3.05) is 13.7 Å². The average Bonchev–Trinajstić information content (AvgIpc) is 2.11. The van der Waals surface area contributed by atoms with Crippen LogP contribution in [0.25, 0.3) is 0 Å². The topological polar surface area (TPSA) is 67.5 Å². The third kappa shape index (κ3) is 5.54. The Morgan fingerprint density at radius 2 is 2.07 bits per heavy atom. The molecule has 4 heteroatoms. The van der Waals surface area contributed by atoms with E-state index >= 15 is 0 Å². The first-order chi connectivity index (χ1) is 6.40. The van der Waals surface area contributed by atoms with Crippen LogP contribution in [0.4, 0.5) is 0 Å². The van der Waals surface area contributed by atoms with Crippen molar-refractivity contribution < 1.29 is 9.84 Å². The van der Waals surface area contributed by atoms with Crippen molar-refractivity contribution in [3.63, 3.8) is 0 Å². The summed E-state index contributed by atoms with van der Waals surface area (Å²) in [4.78, 5) is 0. The smallest absolute Gasteiger partial charge is 0.116 e. The second kappa shape index (κ2) is 6.35. The lowest BCUT2D eigenvalue weighted by Crippen LogP contribution is -2.45. The number of hydrogen-bond donors (Lipinski definition) is 3. The van der Waals surface area contributed by atoms with Crippen LogP contribution in [0.5, 0.6) is 0 Å². The van der Waals surface area contributed by atoms with E-state index in [0.717, 1.165) is 19.4 Å². The van der Waals surface area contributed by atoms with Crippen molar-refractivity contribution in [1.29, 1.82) is 0 Å². The van der Waals surface area contributed by atoms with Gasteiger partial charge >= 0.3 is 0 Å². The summed E-state index contributed by atoms with van der Waals surface area (Å²) in [7, 11) is 1.63. The molecule has 0 aromatic rings. The first-order valence-electron chi connectivity index (χ1n) is 5.15. The molecule has 0 saturated carbocycles. The van der Waals surface area contributed by atoms with Crippen LogP contribution >= 0.6 is 0 Å². The molecule has 4 N–H and O–H groups in total. The number of methoxy groups -OCH3 is 1. The monoisotopic (exact) mass is 204 g/mol. The van der Waals surface area contributed by atoms with Crippen LogP contribution in [-0.4, -0.2) is 30.7 Å². The molecule has 0 rings (SSSR count). The van der Waals surface area contributed by atoms with Crippen LogP contribution in [0.15, 0.2) is 0 Å². The van der Waals surface area contributed by atoms with Crippen molar-refractivity contribution >= 4 is 0 Å². The molecule has 4 nitrogen and oxygen atoms in total. The fraction of sp³-hybridized carbons (Fsp3) is 1.00. The van der Waals surface area contributed by atoms with Gasteiger partial charge in [0, 0.05) is 7.11 Å². The number of ether oxygens (including phenoxy) is 1. The highest BCUT2D eigenvalue weighted by molar-refractivity contribution is 4.74. The molecule has 0 radical (unpaired) electrons. The van der Waals surface area contributed by atoms with E-state index in [-0.39, 0.29) is 0 Å². The Morgan fingerprint density at radius 1 is 1.50 bits per heavy atom. The Morgan fingerprint density at radius 3 is 2.50 bits per heavy atom. The van der Waals surface area contributed by atoms with Gasteiger partial charge in [-0.2, -0.15) is 0 Å². The summed E-state index contributed by atoms with van der Waals surface area (Å²) in [6.07, 6.45) is 1.54. The third-order valence-electron chi connectivity index (χ3n) is 2.67. The van der Waals surface area contributed by atoms with Gasteiger partial charge in [0.2, 0.25) is 0 Å². The Labute approximate surface area is 86.8 Å². The van der Waals surface area contributed by atoms with Crippen LogP contribution in [0.1, 0.15) is 33.6 Å². The molecule has 0 aromatic carbocycles. The fourth-order valence-corrected chi connectivity index (χ4v) is 1.21. The zero-order valence-corrected chi connectivity index (χ0v) is 9.71. The maximum atomic E-state index is 8.96. The Balaban J connectivity index is 3.59. The molecule has 0 spiro atoms. The number of aliphatic hydroxyl groups excluding tert-OH is 1. The quantitative estimate of drug-likeness (QED) is 0.421. The molecule has 14 heavy (non-hydrogen) atoms. The summed E-state index contributed by atoms with van der Waals surface area (Å²) in [5.74, 6) is 0.309. The predicted octanol–water partition coefficient (Wildman–Crippen LogP) is 0.652. The van der Waals surface area contributed by atoms with Gasteiger partial charge in [0.1, 0.15) is 12.0 Å². The first-order valence-corrected chi connectivity index (χ1v) is 5.15. The van der Waals surface area contributed by atoms with E-state index in [0.29, 0.717) is 5.92 Å². The normalized spacial score (nSPS) is 20.1. The molecule has 0 aliphatic carbocycles. The second-order valence-corrected chi connectivity index (χ2v) is 4.06. The third-order valence-corrected chi connectivity index (χ3v) is 2.67. The highest BCUT2D eigenvalue weighted by Crippen LogP contribution is 2.19. The maximum Gasteiger partial charge on any atom is 0.116 e. The Bertz CT molecular complexity index is 149. The van der Waals surface area contributed by atoms with Crippen molar-refractivity contribution in [1.82, 2.24) is 5.32 Å². The van der Waals surface area contributed by atoms with E-state index in [2.05, 4.69) is 12.2 Å². The summed E-state index contributed by atoms with van der Waals surface area (Å²) in [6, 6.07) is 0. The molecule has 0 amide bonds. The molecule has 0 aromatic heterocycles. The summed E-state index contributed by atoms with van der Waals surface area (Å²) in [6.45, 7) is 6.49. The number of aliphatic hydroxyl groups is 1. The SMILES string of the molecule is CO[C@](C)(N)[C@@H](C)CCCN[C@H](C)O. The summed E-state index contributed by atoms with van der Waals surface area (Å²) in [5, 5.41) is 11.9. The summed E-state index contributed by atoms with van der Waals surface area (Å²) in [5.41, 5.74) is 5.36. The van der Waals surface area contributed by atoms with E-state index < -0.39 is 12.0 Å². The van der Waals surface area contributed by atoms with E-state index in [1.165, 1.54) is 0 Å². The van der Waals surface area contributed by atoms with Crippen molar-refractivity contribution in [3.8, 4) is 0 Å². The van der Waals surface area contributed by atoms with E-state index in [4.69, 9.17) is 15.6 Å². The standard InChI is InChI=1S/C10H24N2O2/c1-8(10(3,11)14-4)6-5-7-12-9(2)13/h8-9,12-13H,5-7,11H2,1-4H3/t8-,9-,10-/m0/s1. The number of nitrogens with two attached hydrogens (primary N) is 1. The van der Waals surface area contributed by atoms with Gasteiger partial charge < -0.3 is 15.6 Å². The molecule has 86 valence electrons. The lowest BCUT2D eigenvalue weighted by Gasteiger charge is -2.30. The van der Waals surface area contributed by atoms with Gasteiger partial charge in [0.25, 0.3) is 0 Å². The largest absolute Gasteiger partial charge is 0.379 e. The molecule has 3 atom stereocenters. The van der Waals surface area contributed by atoms with Crippen LogP contribution in [-0.2, 0) is 4.74 Å². The summed E-state index contributed by atoms with van der Waals surface area (Å²) < 4.78 is 5.19. The zero-order chi connectivity index (χ0) is 11.2. The molecule has 0 heterocycles. The number of nitrogens with one attached hydrogen (secondary N) is 1. The van der Waals surface area contributed by atoms with Gasteiger partial charge in [-0.05, 0) is 39.2 Å². The number of rotatable bonds is 7. The van der Waals surface area contributed by atoms with Crippen LogP contribution in [0.3, 0.4) is 0 Å². The minimum absolute atomic E-state index is 0.309. The van der Waals surface area contributed by atoms with E-state index in [1.807, 2.05) is 6.92 Å². The van der Waals surface area contributed by atoms with Gasteiger partial charge in [0.15, 0.2) is 0 Å². The van der Waals surface area contributed by atoms with Crippen LogP contribution < -0.4 is 11.1 Å². The molecular formula is C10H24N2O2. The van der Waals surface area contributed by atoms with Crippen LogP contribution in [0, 0.1) is 5.92 Å². The predicted molar refractivity (Wildman–Crippen MR) is 57.7 cm³/mol. The van der Waals surface area contributed by atoms with Crippen LogP contribution in [0.2, 0.25) is 0 Å². The molecule has 0 saturated heterocycles. The van der Waals surface area contributed by atoms with Gasteiger partial charge in [-0.1, -0.05) is 6.92 Å². The average molecular weight is 204 g/mol. The molecule has 0 unspecified atom stereocenters. The van der Waals surface area contributed by atoms with Gasteiger partial charge in [-0.15, -0.1) is 0 Å². The van der Waals surface area contributed by atoms with Gasteiger partial charge in [-0.3, -0.25) is 5.32 Å². The maximum absolute atomic E-state index is 8.96. The molecular weight excluding hydrogens is 180 g/mol.